The van der Waals surface area contributed by atoms with Crippen LogP contribution in [-0.2, 0) is 11.3 Å². The van der Waals surface area contributed by atoms with Crippen LogP contribution in [0.2, 0.25) is 0 Å². The van der Waals surface area contributed by atoms with Gasteiger partial charge in [-0.3, -0.25) is 4.90 Å². The first-order chi connectivity index (χ1) is 7.34. The Bertz CT molecular complexity index is 266. The molecule has 0 unspecified atom stereocenters. The molecule has 1 saturated heterocycles. The number of aryl methyl sites for hydroxylation is 1. The minimum Gasteiger partial charge on any atom is -0.379 e. The molecule has 0 N–H and O–H groups in total. The molecule has 86 valence electrons. The maximum Gasteiger partial charge on any atom is 0.0594 e. The fraction of sp³-hybridized carbons (Fsp3) is 0.667. The molecule has 0 aliphatic carbocycles. The van der Waals surface area contributed by atoms with E-state index in [9.17, 15) is 0 Å². The highest BCUT2D eigenvalue weighted by atomic mass is 32.1. The fourth-order valence-corrected chi connectivity index (χ4v) is 2.48. The average Bonchev–Trinajstić information content (AvgIpc) is 2.68. The van der Waals surface area contributed by atoms with Crippen molar-refractivity contribution in [2.45, 2.75) is 27.3 Å². The average molecular weight is 227 g/mol. The standard InChI is InChI=1S/C10H15NOS.C2H6/c1-9-2-3-10(13-9)8-11-4-6-12-7-5-11;1-2/h2-3H,4-8H2,1H3;1-2H3. The van der Waals surface area contributed by atoms with Gasteiger partial charge in [-0.15, -0.1) is 11.3 Å². The van der Waals surface area contributed by atoms with E-state index in [1.165, 1.54) is 9.75 Å². The molecule has 3 heteroatoms. The van der Waals surface area contributed by atoms with E-state index in [1.54, 1.807) is 0 Å². The van der Waals surface area contributed by atoms with Crippen molar-refractivity contribution in [1.29, 1.82) is 0 Å². The van der Waals surface area contributed by atoms with Gasteiger partial charge in [0, 0.05) is 29.4 Å². The Morgan fingerprint density at radius 2 is 1.93 bits per heavy atom. The lowest BCUT2D eigenvalue weighted by molar-refractivity contribution is 0.0346. The van der Waals surface area contributed by atoms with Gasteiger partial charge in [0.1, 0.15) is 0 Å². The molecule has 2 rings (SSSR count). The number of morpholine rings is 1. The fourth-order valence-electron chi connectivity index (χ4n) is 1.55. The topological polar surface area (TPSA) is 12.5 Å². The van der Waals surface area contributed by atoms with Crippen LogP contribution in [0, 0.1) is 6.92 Å². The highest BCUT2D eigenvalue weighted by Gasteiger charge is 2.10. The van der Waals surface area contributed by atoms with Crippen LogP contribution in [0.3, 0.4) is 0 Å². The van der Waals surface area contributed by atoms with Crippen molar-refractivity contribution in [3.63, 3.8) is 0 Å². The first kappa shape index (κ1) is 12.7. The first-order valence-electron chi connectivity index (χ1n) is 5.70. The van der Waals surface area contributed by atoms with Gasteiger partial charge in [0.2, 0.25) is 0 Å². The summed E-state index contributed by atoms with van der Waals surface area (Å²) in [6.07, 6.45) is 0. The molecule has 2 nitrogen and oxygen atoms in total. The largest absolute Gasteiger partial charge is 0.379 e. The van der Waals surface area contributed by atoms with E-state index in [0.29, 0.717) is 0 Å². The van der Waals surface area contributed by atoms with E-state index in [0.717, 1.165) is 32.8 Å². The second kappa shape index (κ2) is 6.99. The predicted molar refractivity (Wildman–Crippen MR) is 66.5 cm³/mol. The third-order valence-corrected chi connectivity index (χ3v) is 3.26. The molecule has 0 bridgehead atoms. The molecule has 1 aromatic heterocycles. The van der Waals surface area contributed by atoms with Crippen molar-refractivity contribution >= 4 is 11.3 Å². The second-order valence-electron chi connectivity index (χ2n) is 3.40. The van der Waals surface area contributed by atoms with Crippen LogP contribution in [0.25, 0.3) is 0 Å². The van der Waals surface area contributed by atoms with Gasteiger partial charge >= 0.3 is 0 Å². The maximum atomic E-state index is 5.30. The monoisotopic (exact) mass is 227 g/mol. The summed E-state index contributed by atoms with van der Waals surface area (Å²) in [5, 5.41) is 0. The van der Waals surface area contributed by atoms with E-state index in [1.807, 2.05) is 25.2 Å². The van der Waals surface area contributed by atoms with Crippen LogP contribution in [-0.4, -0.2) is 31.2 Å². The first-order valence-corrected chi connectivity index (χ1v) is 6.52. The molecular weight excluding hydrogens is 206 g/mol. The summed E-state index contributed by atoms with van der Waals surface area (Å²) in [7, 11) is 0. The number of thiophene rings is 1. The van der Waals surface area contributed by atoms with Crippen LogP contribution in [0.1, 0.15) is 23.6 Å². The Balaban J connectivity index is 0.000000531. The molecule has 1 aliphatic rings. The Hall–Kier alpha value is -0.380. The van der Waals surface area contributed by atoms with E-state index < -0.39 is 0 Å². The SMILES string of the molecule is CC.Cc1ccc(CN2CCOCC2)s1. The summed E-state index contributed by atoms with van der Waals surface area (Å²) >= 11 is 1.90. The summed E-state index contributed by atoms with van der Waals surface area (Å²) in [6.45, 7) is 11.2. The summed E-state index contributed by atoms with van der Waals surface area (Å²) < 4.78 is 5.30. The van der Waals surface area contributed by atoms with Gasteiger partial charge < -0.3 is 4.74 Å². The number of ether oxygens (including phenoxy) is 1. The zero-order valence-corrected chi connectivity index (χ0v) is 10.8. The normalized spacial score (nSPS) is 17.0. The molecule has 0 amide bonds. The van der Waals surface area contributed by atoms with E-state index in [2.05, 4.69) is 24.0 Å². The van der Waals surface area contributed by atoms with E-state index in [4.69, 9.17) is 4.74 Å². The molecular formula is C12H21NOS. The Labute approximate surface area is 96.9 Å². The molecule has 1 aromatic rings. The number of rotatable bonds is 2. The van der Waals surface area contributed by atoms with E-state index >= 15 is 0 Å². The smallest absolute Gasteiger partial charge is 0.0594 e. The van der Waals surface area contributed by atoms with Crippen LogP contribution in [0.5, 0.6) is 0 Å². The Morgan fingerprint density at radius 1 is 1.27 bits per heavy atom. The minimum absolute atomic E-state index is 0.893. The van der Waals surface area contributed by atoms with Crippen molar-refractivity contribution < 1.29 is 4.74 Å². The number of hydrogen-bond acceptors (Lipinski definition) is 3. The number of hydrogen-bond donors (Lipinski definition) is 0. The van der Waals surface area contributed by atoms with Crippen LogP contribution in [0.4, 0.5) is 0 Å². The van der Waals surface area contributed by atoms with Crippen molar-refractivity contribution in [2.75, 3.05) is 26.3 Å². The molecule has 0 saturated carbocycles. The zero-order chi connectivity index (χ0) is 11.1. The lowest BCUT2D eigenvalue weighted by Gasteiger charge is -2.25. The molecule has 15 heavy (non-hydrogen) atoms. The van der Waals surface area contributed by atoms with Crippen molar-refractivity contribution in [3.8, 4) is 0 Å². The van der Waals surface area contributed by atoms with Crippen LogP contribution < -0.4 is 0 Å². The van der Waals surface area contributed by atoms with Crippen LogP contribution in [0.15, 0.2) is 12.1 Å². The van der Waals surface area contributed by atoms with Gasteiger partial charge in [-0.2, -0.15) is 0 Å². The van der Waals surface area contributed by atoms with Gasteiger partial charge in [0.25, 0.3) is 0 Å². The lowest BCUT2D eigenvalue weighted by Crippen LogP contribution is -2.35. The molecule has 0 aromatic carbocycles. The third kappa shape index (κ3) is 4.33. The van der Waals surface area contributed by atoms with Gasteiger partial charge in [-0.25, -0.2) is 0 Å². The summed E-state index contributed by atoms with van der Waals surface area (Å²) in [5.74, 6) is 0. The van der Waals surface area contributed by atoms with Crippen molar-refractivity contribution in [3.05, 3.63) is 21.9 Å². The molecule has 2 heterocycles. The number of nitrogens with zero attached hydrogens (tertiary/aromatic N) is 1. The van der Waals surface area contributed by atoms with Gasteiger partial charge in [-0.1, -0.05) is 13.8 Å². The van der Waals surface area contributed by atoms with Crippen LogP contribution >= 0.6 is 11.3 Å². The summed E-state index contributed by atoms with van der Waals surface area (Å²) in [5.41, 5.74) is 0. The highest BCUT2D eigenvalue weighted by Crippen LogP contribution is 2.17. The quantitative estimate of drug-likeness (QED) is 0.770. The second-order valence-corrected chi connectivity index (χ2v) is 4.77. The molecule has 0 radical (unpaired) electrons. The lowest BCUT2D eigenvalue weighted by atomic mass is 10.3. The third-order valence-electron chi connectivity index (χ3n) is 2.28. The van der Waals surface area contributed by atoms with Gasteiger partial charge in [0.05, 0.1) is 13.2 Å². The van der Waals surface area contributed by atoms with Gasteiger partial charge in [-0.05, 0) is 19.1 Å². The van der Waals surface area contributed by atoms with Gasteiger partial charge in [0.15, 0.2) is 0 Å². The summed E-state index contributed by atoms with van der Waals surface area (Å²) in [6, 6.07) is 4.43. The Kier molecular flexibility index (Phi) is 5.91. The highest BCUT2D eigenvalue weighted by molar-refractivity contribution is 7.11. The molecule has 0 atom stereocenters. The molecule has 1 aliphatic heterocycles. The van der Waals surface area contributed by atoms with Crippen molar-refractivity contribution in [2.24, 2.45) is 0 Å². The molecule has 1 fully saturated rings. The maximum absolute atomic E-state index is 5.30. The minimum atomic E-state index is 0.893. The zero-order valence-electron chi connectivity index (χ0n) is 9.95. The predicted octanol–water partition coefficient (Wildman–Crippen LogP) is 2.91. The van der Waals surface area contributed by atoms with E-state index in [-0.39, 0.29) is 0 Å². The molecule has 0 spiro atoms. The Morgan fingerprint density at radius 3 is 2.47 bits per heavy atom. The van der Waals surface area contributed by atoms with Crippen molar-refractivity contribution in [1.82, 2.24) is 4.90 Å². The summed E-state index contributed by atoms with van der Waals surface area (Å²) in [4.78, 5) is 5.33.